The highest BCUT2D eigenvalue weighted by Crippen LogP contribution is 2.25. The largest absolute Gasteiger partial charge is 0.267 e. The first-order chi connectivity index (χ1) is 11.3. The Bertz CT molecular complexity index is 848. The number of rotatable bonds is 7. The Balaban J connectivity index is 2.19. The molecule has 0 bridgehead atoms. The molecule has 0 radical (unpaired) electrons. The lowest BCUT2D eigenvalue weighted by Gasteiger charge is -2.12. The van der Waals surface area contributed by atoms with E-state index < -0.39 is 10.0 Å². The minimum atomic E-state index is -3.91. The van der Waals surface area contributed by atoms with Gasteiger partial charge in [-0.25, -0.2) is 18.5 Å². The zero-order chi connectivity index (χ0) is 17.7. The number of hydrogen-bond donors (Lipinski definition) is 1. The minimum absolute atomic E-state index is 0.143. The van der Waals surface area contributed by atoms with Crippen LogP contribution in [0.25, 0.3) is 0 Å². The number of nitrogens with zero attached hydrogens (tertiary/aromatic N) is 4. The van der Waals surface area contributed by atoms with Crippen molar-refractivity contribution >= 4 is 32.2 Å². The van der Waals surface area contributed by atoms with Gasteiger partial charge in [0.15, 0.2) is 0 Å². The van der Waals surface area contributed by atoms with E-state index in [9.17, 15) is 18.5 Å². The average Bonchev–Trinajstić information content (AvgIpc) is 2.95. The number of aliphatic imine (C=N–C) groups is 1. The van der Waals surface area contributed by atoms with Crippen LogP contribution in [-0.2, 0) is 10.0 Å². The SMILES string of the molecule is CC(CC(C[N+](=O)[O-])c1ccccc1)=Nc1nnc(S(N)(=O)=O)s1. The summed E-state index contributed by atoms with van der Waals surface area (Å²) in [5.74, 6) is -0.337. The molecule has 0 aliphatic heterocycles. The summed E-state index contributed by atoms with van der Waals surface area (Å²) in [6.07, 6.45) is 0.343. The lowest BCUT2D eigenvalue weighted by atomic mass is 9.94. The topological polar surface area (TPSA) is 141 Å². The summed E-state index contributed by atoms with van der Waals surface area (Å²) in [6.45, 7) is 1.48. The molecule has 0 saturated heterocycles. The fraction of sp³-hybridized carbons (Fsp3) is 0.308. The summed E-state index contributed by atoms with van der Waals surface area (Å²) in [5.41, 5.74) is 1.43. The number of nitro groups is 1. The van der Waals surface area contributed by atoms with Crippen LogP contribution < -0.4 is 5.14 Å². The summed E-state index contributed by atoms with van der Waals surface area (Å²) in [5, 5.41) is 23.1. The molecule has 0 saturated carbocycles. The first kappa shape index (κ1) is 18.1. The number of benzene rings is 1. The third kappa shape index (κ3) is 5.15. The second-order valence-electron chi connectivity index (χ2n) is 5.07. The molecule has 24 heavy (non-hydrogen) atoms. The lowest BCUT2D eigenvalue weighted by Crippen LogP contribution is -2.15. The van der Waals surface area contributed by atoms with Gasteiger partial charge in [-0.15, -0.1) is 10.2 Å². The molecule has 1 unspecified atom stereocenters. The number of sulfonamides is 1. The Morgan fingerprint density at radius 1 is 1.38 bits per heavy atom. The second kappa shape index (κ2) is 7.55. The molecule has 1 aromatic carbocycles. The van der Waals surface area contributed by atoms with Crippen LogP contribution in [0.2, 0.25) is 0 Å². The van der Waals surface area contributed by atoms with Crippen molar-refractivity contribution in [1.29, 1.82) is 0 Å². The van der Waals surface area contributed by atoms with E-state index in [4.69, 9.17) is 5.14 Å². The summed E-state index contributed by atoms with van der Waals surface area (Å²) < 4.78 is 22.0. The molecule has 1 heterocycles. The van der Waals surface area contributed by atoms with E-state index in [0.717, 1.165) is 16.9 Å². The van der Waals surface area contributed by atoms with Crippen molar-refractivity contribution in [2.24, 2.45) is 10.1 Å². The monoisotopic (exact) mass is 369 g/mol. The summed E-state index contributed by atoms with van der Waals surface area (Å²) >= 11 is 0.748. The molecular weight excluding hydrogens is 354 g/mol. The molecule has 0 amide bonds. The van der Waals surface area contributed by atoms with Gasteiger partial charge in [0.2, 0.25) is 16.0 Å². The molecule has 11 heteroatoms. The van der Waals surface area contributed by atoms with E-state index in [1.165, 1.54) is 0 Å². The van der Waals surface area contributed by atoms with E-state index >= 15 is 0 Å². The van der Waals surface area contributed by atoms with Crippen molar-refractivity contribution in [1.82, 2.24) is 10.2 Å². The average molecular weight is 369 g/mol. The van der Waals surface area contributed by atoms with Crippen LogP contribution in [0, 0.1) is 10.1 Å². The van der Waals surface area contributed by atoms with Crippen LogP contribution in [0.1, 0.15) is 24.8 Å². The van der Waals surface area contributed by atoms with Crippen molar-refractivity contribution in [2.45, 2.75) is 23.6 Å². The quantitative estimate of drug-likeness (QED) is 0.447. The number of primary sulfonamides is 1. The highest BCUT2D eigenvalue weighted by atomic mass is 32.2. The molecule has 1 aromatic heterocycles. The molecule has 1 atom stereocenters. The van der Waals surface area contributed by atoms with Crippen LogP contribution in [0.5, 0.6) is 0 Å². The molecule has 2 aromatic rings. The number of hydrogen-bond acceptors (Lipinski definition) is 8. The molecule has 0 aliphatic rings. The minimum Gasteiger partial charge on any atom is -0.265 e. The van der Waals surface area contributed by atoms with E-state index in [1.54, 1.807) is 6.92 Å². The van der Waals surface area contributed by atoms with Gasteiger partial charge in [-0.3, -0.25) is 10.1 Å². The number of aromatic nitrogens is 2. The first-order valence-corrected chi connectivity index (χ1v) is 9.19. The van der Waals surface area contributed by atoms with E-state index in [1.807, 2.05) is 30.3 Å². The molecule has 128 valence electrons. The predicted molar refractivity (Wildman–Crippen MR) is 89.7 cm³/mol. The van der Waals surface area contributed by atoms with Gasteiger partial charge in [-0.05, 0) is 18.9 Å². The van der Waals surface area contributed by atoms with E-state index in [2.05, 4.69) is 15.2 Å². The standard InChI is InChI=1S/C13H15N5O4S2/c1-9(15-12-16-17-13(23-12)24(14,21)22)7-11(8-18(19)20)10-5-3-2-4-6-10/h2-6,11H,7-8H2,1H3,(H2,14,21,22). The molecule has 0 fully saturated rings. The van der Waals surface area contributed by atoms with Gasteiger partial charge < -0.3 is 0 Å². The highest BCUT2D eigenvalue weighted by Gasteiger charge is 2.20. The number of nitrogens with two attached hydrogens (primary N) is 1. The molecule has 2 rings (SSSR count). The maximum atomic E-state index is 11.2. The van der Waals surface area contributed by atoms with Gasteiger partial charge in [0.05, 0.1) is 5.92 Å². The zero-order valence-corrected chi connectivity index (χ0v) is 14.3. The van der Waals surface area contributed by atoms with Crippen molar-refractivity contribution in [3.8, 4) is 0 Å². The van der Waals surface area contributed by atoms with Crippen LogP contribution in [0.15, 0.2) is 39.7 Å². The summed E-state index contributed by atoms with van der Waals surface area (Å²) in [4.78, 5) is 14.7. The fourth-order valence-electron chi connectivity index (χ4n) is 2.12. The summed E-state index contributed by atoms with van der Waals surface area (Å²) in [7, 11) is -3.91. The lowest BCUT2D eigenvalue weighted by molar-refractivity contribution is -0.483. The van der Waals surface area contributed by atoms with Crippen LogP contribution in [-0.4, -0.2) is 35.8 Å². The van der Waals surface area contributed by atoms with Gasteiger partial charge in [0.1, 0.15) is 0 Å². The Hall–Kier alpha value is -2.24. The Kier molecular flexibility index (Phi) is 5.70. The van der Waals surface area contributed by atoms with Gasteiger partial charge in [0.25, 0.3) is 10.0 Å². The van der Waals surface area contributed by atoms with Gasteiger partial charge >= 0.3 is 0 Å². The third-order valence-corrected chi connectivity index (χ3v) is 5.24. The van der Waals surface area contributed by atoms with Crippen LogP contribution in [0.4, 0.5) is 5.13 Å². The van der Waals surface area contributed by atoms with Gasteiger partial charge in [-0.1, -0.05) is 41.7 Å². The predicted octanol–water partition coefficient (Wildman–Crippen LogP) is 1.73. The van der Waals surface area contributed by atoms with Crippen LogP contribution >= 0.6 is 11.3 Å². The zero-order valence-electron chi connectivity index (χ0n) is 12.7. The molecule has 0 spiro atoms. The molecule has 0 aliphatic carbocycles. The Labute approximate surface area is 142 Å². The van der Waals surface area contributed by atoms with Crippen molar-refractivity contribution in [3.63, 3.8) is 0 Å². The molecular formula is C13H15N5O4S2. The van der Waals surface area contributed by atoms with Gasteiger partial charge in [-0.2, -0.15) is 0 Å². The highest BCUT2D eigenvalue weighted by molar-refractivity contribution is 7.91. The molecule has 9 nitrogen and oxygen atoms in total. The summed E-state index contributed by atoms with van der Waals surface area (Å²) in [6, 6.07) is 9.12. The smallest absolute Gasteiger partial charge is 0.265 e. The Morgan fingerprint density at radius 3 is 2.58 bits per heavy atom. The second-order valence-corrected chi connectivity index (χ2v) is 7.76. The first-order valence-electron chi connectivity index (χ1n) is 6.83. The normalized spacial score (nSPS) is 13.7. The molecule has 2 N–H and O–H groups in total. The van der Waals surface area contributed by atoms with E-state index in [0.29, 0.717) is 12.1 Å². The maximum absolute atomic E-state index is 11.2. The fourth-order valence-corrected chi connectivity index (χ4v) is 3.48. The van der Waals surface area contributed by atoms with Crippen LogP contribution in [0.3, 0.4) is 0 Å². The third-order valence-electron chi connectivity index (χ3n) is 3.11. The van der Waals surface area contributed by atoms with Crippen molar-refractivity contribution < 1.29 is 13.3 Å². The van der Waals surface area contributed by atoms with Gasteiger partial charge in [0, 0.05) is 10.6 Å². The van der Waals surface area contributed by atoms with Crippen molar-refractivity contribution in [2.75, 3.05) is 6.54 Å². The van der Waals surface area contributed by atoms with Crippen molar-refractivity contribution in [3.05, 3.63) is 46.0 Å². The maximum Gasteiger partial charge on any atom is 0.267 e. The van der Waals surface area contributed by atoms with E-state index in [-0.39, 0.29) is 26.9 Å². The Morgan fingerprint density at radius 2 is 2.04 bits per heavy atom.